The van der Waals surface area contributed by atoms with Gasteiger partial charge in [0.25, 0.3) is 5.91 Å². The van der Waals surface area contributed by atoms with Gasteiger partial charge >= 0.3 is 6.03 Å². The highest BCUT2D eigenvalue weighted by molar-refractivity contribution is 7.12. The number of thiophene rings is 1. The van der Waals surface area contributed by atoms with Crippen LogP contribution in [0, 0.1) is 12.7 Å². The number of halogens is 1. The Balaban J connectivity index is 1.40. The highest BCUT2D eigenvalue weighted by Gasteiger charge is 2.30. The van der Waals surface area contributed by atoms with Crippen molar-refractivity contribution in [3.05, 3.63) is 75.9 Å². The fraction of sp³-hybridized carbons (Fsp3) is 0.190. The van der Waals surface area contributed by atoms with Gasteiger partial charge in [0.2, 0.25) is 0 Å². The average Bonchev–Trinajstić information content (AvgIpc) is 3.30. The Bertz CT molecular complexity index is 1030. The predicted molar refractivity (Wildman–Crippen MR) is 111 cm³/mol. The van der Waals surface area contributed by atoms with Crippen LogP contribution in [0.15, 0.2) is 54.0 Å². The van der Waals surface area contributed by atoms with Crippen molar-refractivity contribution in [3.8, 4) is 0 Å². The maximum Gasteiger partial charge on any atom is 0.326 e. The first kappa shape index (κ1) is 19.1. The maximum atomic E-state index is 13.0. The number of carbonyl (C=O) groups is 2. The molecule has 29 heavy (non-hydrogen) atoms. The van der Waals surface area contributed by atoms with E-state index in [1.54, 1.807) is 40.3 Å². The van der Waals surface area contributed by atoms with Crippen LogP contribution in [0.5, 0.6) is 0 Å². The number of nitrogens with one attached hydrogen (secondary N) is 1. The number of anilines is 2. The van der Waals surface area contributed by atoms with Crippen molar-refractivity contribution in [3.63, 3.8) is 0 Å². The molecule has 1 aliphatic rings. The van der Waals surface area contributed by atoms with E-state index in [0.29, 0.717) is 36.0 Å². The molecule has 4 rings (SSSR count). The molecular weight excluding hydrogens is 391 g/mol. The number of aromatic nitrogens is 1. The minimum Gasteiger partial charge on any atom is -0.320 e. The monoisotopic (exact) mass is 410 g/mol. The van der Waals surface area contributed by atoms with Gasteiger partial charge in [0.1, 0.15) is 11.6 Å². The molecule has 148 valence electrons. The molecule has 0 spiro atoms. The first-order valence-corrected chi connectivity index (χ1v) is 10.0. The Morgan fingerprint density at radius 2 is 1.97 bits per heavy atom. The van der Waals surface area contributed by atoms with Crippen molar-refractivity contribution < 1.29 is 14.0 Å². The van der Waals surface area contributed by atoms with Gasteiger partial charge in [0.15, 0.2) is 0 Å². The largest absolute Gasteiger partial charge is 0.326 e. The fourth-order valence-corrected chi connectivity index (χ4v) is 3.99. The number of nitrogens with zero attached hydrogens (tertiary/aromatic N) is 3. The highest BCUT2D eigenvalue weighted by Crippen LogP contribution is 2.22. The molecule has 0 radical (unpaired) electrons. The molecule has 8 heteroatoms. The third kappa shape index (κ3) is 4.12. The molecule has 1 saturated heterocycles. The Morgan fingerprint density at radius 1 is 1.17 bits per heavy atom. The number of aryl methyl sites for hydroxylation is 1. The lowest BCUT2D eigenvalue weighted by atomic mass is 10.2. The van der Waals surface area contributed by atoms with Crippen molar-refractivity contribution in [1.82, 2.24) is 9.88 Å². The maximum absolute atomic E-state index is 13.0. The van der Waals surface area contributed by atoms with Gasteiger partial charge in [0.05, 0.1) is 16.8 Å². The summed E-state index contributed by atoms with van der Waals surface area (Å²) in [6.07, 6.45) is 1.55. The van der Waals surface area contributed by atoms with Crippen molar-refractivity contribution >= 4 is 34.8 Å². The molecule has 0 bridgehead atoms. The molecule has 0 atom stereocenters. The van der Waals surface area contributed by atoms with Gasteiger partial charge in [-0.2, -0.15) is 0 Å². The highest BCUT2D eigenvalue weighted by atomic mass is 32.1. The van der Waals surface area contributed by atoms with E-state index in [4.69, 9.17) is 0 Å². The second-order valence-corrected chi connectivity index (χ2v) is 7.69. The molecule has 3 heterocycles. The van der Waals surface area contributed by atoms with E-state index in [0.717, 1.165) is 11.1 Å². The normalized spacial score (nSPS) is 13.8. The summed E-state index contributed by atoms with van der Waals surface area (Å²) in [5.74, 6) is 0.0606. The van der Waals surface area contributed by atoms with Crippen LogP contribution in [0.3, 0.4) is 0 Å². The lowest BCUT2D eigenvalue weighted by Gasteiger charge is -2.18. The quantitative estimate of drug-likeness (QED) is 0.683. The van der Waals surface area contributed by atoms with Crippen LogP contribution < -0.4 is 10.2 Å². The lowest BCUT2D eigenvalue weighted by molar-refractivity contribution is 0.103. The van der Waals surface area contributed by atoms with Crippen LogP contribution in [-0.2, 0) is 6.54 Å². The molecule has 2 aromatic heterocycles. The molecule has 1 aromatic carbocycles. The number of amides is 3. The molecule has 6 nitrogen and oxygen atoms in total. The van der Waals surface area contributed by atoms with E-state index in [2.05, 4.69) is 10.3 Å². The van der Waals surface area contributed by atoms with Crippen molar-refractivity contribution in [2.75, 3.05) is 23.3 Å². The Kier molecular flexibility index (Phi) is 5.26. The van der Waals surface area contributed by atoms with Gasteiger partial charge in [-0.3, -0.25) is 9.69 Å². The Morgan fingerprint density at radius 3 is 2.62 bits per heavy atom. The Labute approximate surface area is 171 Å². The number of hydrogen-bond acceptors (Lipinski definition) is 4. The van der Waals surface area contributed by atoms with E-state index in [-0.39, 0.29) is 17.8 Å². The summed E-state index contributed by atoms with van der Waals surface area (Å²) in [5, 5.41) is 4.70. The number of rotatable bonds is 5. The summed E-state index contributed by atoms with van der Waals surface area (Å²) >= 11 is 1.39. The molecule has 0 saturated carbocycles. The summed E-state index contributed by atoms with van der Waals surface area (Å²) < 4.78 is 13.0. The zero-order chi connectivity index (χ0) is 20.4. The minimum atomic E-state index is -0.297. The summed E-state index contributed by atoms with van der Waals surface area (Å²) in [6.45, 7) is 3.40. The van der Waals surface area contributed by atoms with Crippen LogP contribution in [-0.4, -0.2) is 34.9 Å². The molecule has 1 fully saturated rings. The molecule has 0 unspecified atom stereocenters. The van der Waals surface area contributed by atoms with Crippen LogP contribution in [0.2, 0.25) is 0 Å². The van der Waals surface area contributed by atoms with Crippen LogP contribution in [0.1, 0.15) is 20.8 Å². The van der Waals surface area contributed by atoms with Crippen molar-refractivity contribution in [2.45, 2.75) is 13.5 Å². The topological polar surface area (TPSA) is 65.5 Å². The minimum absolute atomic E-state index is 0.146. The van der Waals surface area contributed by atoms with E-state index in [9.17, 15) is 14.0 Å². The van der Waals surface area contributed by atoms with Gasteiger partial charge in [-0.05, 0) is 53.8 Å². The molecular formula is C21H19FN4O2S. The number of pyridine rings is 1. The van der Waals surface area contributed by atoms with Gasteiger partial charge in [-0.15, -0.1) is 11.3 Å². The van der Waals surface area contributed by atoms with E-state index < -0.39 is 0 Å². The van der Waals surface area contributed by atoms with Gasteiger partial charge in [-0.25, -0.2) is 14.2 Å². The first-order valence-electron chi connectivity index (χ1n) is 9.13. The number of urea groups is 1. The van der Waals surface area contributed by atoms with E-state index >= 15 is 0 Å². The summed E-state index contributed by atoms with van der Waals surface area (Å²) in [6, 6.07) is 11.3. The smallest absolute Gasteiger partial charge is 0.320 e. The van der Waals surface area contributed by atoms with Crippen LogP contribution >= 0.6 is 11.3 Å². The predicted octanol–water partition coefficient (Wildman–Crippen LogP) is 4.29. The first-order chi connectivity index (χ1) is 14.0. The van der Waals surface area contributed by atoms with Gasteiger partial charge in [0, 0.05) is 19.6 Å². The Hall–Kier alpha value is -3.26. The second kappa shape index (κ2) is 8.00. The third-order valence-corrected chi connectivity index (χ3v) is 5.75. The number of hydrogen-bond donors (Lipinski definition) is 1. The van der Waals surface area contributed by atoms with Crippen molar-refractivity contribution in [1.29, 1.82) is 0 Å². The average molecular weight is 410 g/mol. The van der Waals surface area contributed by atoms with E-state index in [1.807, 2.05) is 18.4 Å². The second-order valence-electron chi connectivity index (χ2n) is 6.77. The standard InChI is InChI=1S/C21H19FN4O2S/c1-14-8-11-29-19(14)20(27)24-17-6-7-18(23-12-17)26-10-9-25(21(26)28)13-15-2-4-16(22)5-3-15/h2-8,11-12H,9-10,13H2,1H3,(H,24,27). The zero-order valence-electron chi connectivity index (χ0n) is 15.8. The molecule has 1 N–H and O–H groups in total. The van der Waals surface area contributed by atoms with Crippen LogP contribution in [0.25, 0.3) is 0 Å². The lowest BCUT2D eigenvalue weighted by Crippen LogP contribution is -2.31. The molecule has 3 aromatic rings. The molecule has 1 aliphatic heterocycles. The summed E-state index contributed by atoms with van der Waals surface area (Å²) in [7, 11) is 0. The van der Waals surface area contributed by atoms with Crippen LogP contribution in [0.4, 0.5) is 20.7 Å². The SMILES string of the molecule is Cc1ccsc1C(=O)Nc1ccc(N2CCN(Cc3ccc(F)cc3)C2=O)nc1. The zero-order valence-corrected chi connectivity index (χ0v) is 16.6. The van der Waals surface area contributed by atoms with E-state index in [1.165, 1.54) is 23.5 Å². The fourth-order valence-electron chi connectivity index (χ4n) is 3.17. The number of carbonyl (C=O) groups excluding carboxylic acids is 2. The molecule has 3 amide bonds. The third-order valence-electron chi connectivity index (χ3n) is 4.73. The van der Waals surface area contributed by atoms with Gasteiger partial charge < -0.3 is 10.2 Å². The van der Waals surface area contributed by atoms with Gasteiger partial charge in [-0.1, -0.05) is 12.1 Å². The number of benzene rings is 1. The summed E-state index contributed by atoms with van der Waals surface area (Å²) in [5.41, 5.74) is 2.37. The summed E-state index contributed by atoms with van der Waals surface area (Å²) in [4.78, 5) is 33.3. The van der Waals surface area contributed by atoms with Crippen molar-refractivity contribution in [2.24, 2.45) is 0 Å². The molecule has 0 aliphatic carbocycles.